The molecule has 0 saturated carbocycles. The molecule has 1 aromatic heterocycles. The number of hydrogen-bond acceptors (Lipinski definition) is 7. The third-order valence-electron chi connectivity index (χ3n) is 7.15. The van der Waals surface area contributed by atoms with Gasteiger partial charge in [-0.1, -0.05) is 85.4 Å². The maximum atomic E-state index is 11.3. The Balaban J connectivity index is 1.37. The Bertz CT molecular complexity index is 1420. The van der Waals surface area contributed by atoms with E-state index in [1.807, 2.05) is 48.0 Å². The van der Waals surface area contributed by atoms with Crippen molar-refractivity contribution in [3.63, 3.8) is 0 Å². The second kappa shape index (κ2) is 12.8. The fourth-order valence-electron chi connectivity index (χ4n) is 4.79. The highest BCUT2D eigenvalue weighted by molar-refractivity contribution is 7.99. The van der Waals surface area contributed by atoms with Gasteiger partial charge < -0.3 is 24.5 Å². The fraction of sp³-hybridized carbons (Fsp3) is 0.323. The van der Waals surface area contributed by atoms with Crippen LogP contribution >= 0.6 is 11.8 Å². The molecule has 2 N–H and O–H groups in total. The molecule has 1 aliphatic heterocycles. The van der Waals surface area contributed by atoms with Gasteiger partial charge in [-0.3, -0.25) is 4.79 Å². The zero-order valence-electron chi connectivity index (χ0n) is 22.9. The normalized spacial score (nSPS) is 20.8. The van der Waals surface area contributed by atoms with Crippen molar-refractivity contribution in [1.82, 2.24) is 20.1 Å². The fourth-order valence-corrected chi connectivity index (χ4v) is 5.84. The van der Waals surface area contributed by atoms with Crippen LogP contribution in [0.3, 0.4) is 0 Å². The molecule has 1 saturated heterocycles. The number of carbonyl (C=O) groups excluding carboxylic acids is 1. The molecule has 2 heterocycles. The highest BCUT2D eigenvalue weighted by atomic mass is 32.2. The minimum atomic E-state index is -0.538. The zero-order chi connectivity index (χ0) is 28.1. The smallest absolute Gasteiger partial charge is 0.217 e. The molecule has 1 aliphatic rings. The lowest BCUT2D eigenvalue weighted by Crippen LogP contribution is -2.38. The van der Waals surface area contributed by atoms with Crippen molar-refractivity contribution in [2.75, 3.05) is 5.75 Å². The molecule has 0 aliphatic carbocycles. The van der Waals surface area contributed by atoms with Crippen LogP contribution in [-0.4, -0.2) is 37.6 Å². The Morgan fingerprint density at radius 2 is 1.75 bits per heavy atom. The summed E-state index contributed by atoms with van der Waals surface area (Å²) in [5, 5.41) is 21.4. The van der Waals surface area contributed by atoms with Crippen LogP contribution in [0.2, 0.25) is 0 Å². The summed E-state index contributed by atoms with van der Waals surface area (Å²) in [4.78, 5) is 11.3. The molecule has 9 heteroatoms. The number of aliphatic hydroxyl groups excluding tert-OH is 1. The van der Waals surface area contributed by atoms with Gasteiger partial charge in [0.25, 0.3) is 0 Å². The number of aromatic nitrogens is 3. The van der Waals surface area contributed by atoms with Crippen molar-refractivity contribution in [2.45, 2.75) is 50.7 Å². The van der Waals surface area contributed by atoms with E-state index in [9.17, 15) is 9.90 Å². The van der Waals surface area contributed by atoms with E-state index < -0.39 is 6.29 Å². The number of thioether (sulfide) groups is 1. The summed E-state index contributed by atoms with van der Waals surface area (Å²) in [6, 6.07) is 24.3. The van der Waals surface area contributed by atoms with E-state index in [2.05, 4.69) is 58.8 Å². The van der Waals surface area contributed by atoms with E-state index in [4.69, 9.17) is 9.47 Å². The van der Waals surface area contributed by atoms with E-state index >= 15 is 0 Å². The molecule has 40 heavy (non-hydrogen) atoms. The van der Waals surface area contributed by atoms with Crippen molar-refractivity contribution in [3.05, 3.63) is 101 Å². The van der Waals surface area contributed by atoms with Gasteiger partial charge in [-0.2, -0.15) is 0 Å². The third-order valence-corrected chi connectivity index (χ3v) is 8.28. The van der Waals surface area contributed by atoms with E-state index in [1.165, 1.54) is 6.92 Å². The van der Waals surface area contributed by atoms with Gasteiger partial charge in [0.15, 0.2) is 11.4 Å². The second-order valence-corrected chi connectivity index (χ2v) is 11.1. The lowest BCUT2D eigenvalue weighted by Gasteiger charge is -2.41. The van der Waals surface area contributed by atoms with Crippen LogP contribution in [-0.2, 0) is 34.5 Å². The number of aryl methyl sites for hydroxylation is 1. The average molecular weight is 559 g/mol. The van der Waals surface area contributed by atoms with Gasteiger partial charge in [-0.25, -0.2) is 0 Å². The lowest BCUT2D eigenvalue weighted by molar-refractivity contribution is -0.268. The summed E-state index contributed by atoms with van der Waals surface area (Å²) >= 11 is 1.62. The van der Waals surface area contributed by atoms with Gasteiger partial charge in [-0.15, -0.1) is 10.2 Å². The van der Waals surface area contributed by atoms with Gasteiger partial charge in [-0.05, 0) is 33.9 Å². The van der Waals surface area contributed by atoms with Crippen LogP contribution in [0.15, 0.2) is 84.3 Å². The lowest BCUT2D eigenvalue weighted by atomic mass is 9.91. The molecule has 3 aromatic carbocycles. The van der Waals surface area contributed by atoms with Crippen LogP contribution in [0.5, 0.6) is 0 Å². The van der Waals surface area contributed by atoms with Crippen LogP contribution in [0.25, 0.3) is 11.1 Å². The van der Waals surface area contributed by atoms with Crippen LogP contribution < -0.4 is 5.32 Å². The third kappa shape index (κ3) is 6.62. The number of benzene rings is 3. The number of carbonyl (C=O) groups is 1. The average Bonchev–Trinajstić information content (AvgIpc) is 3.40. The molecule has 5 rings (SSSR count). The highest BCUT2D eigenvalue weighted by Crippen LogP contribution is 2.43. The number of amides is 1. The molecule has 0 bridgehead atoms. The number of aliphatic hydroxyl groups is 1. The molecule has 8 nitrogen and oxygen atoms in total. The van der Waals surface area contributed by atoms with Gasteiger partial charge in [0.05, 0.1) is 18.8 Å². The molecule has 1 amide bonds. The maximum Gasteiger partial charge on any atom is 0.217 e. The van der Waals surface area contributed by atoms with Crippen molar-refractivity contribution in [1.29, 1.82) is 0 Å². The minimum Gasteiger partial charge on any atom is -0.392 e. The topological polar surface area (TPSA) is 98.5 Å². The Labute approximate surface area is 238 Å². The van der Waals surface area contributed by atoms with Crippen molar-refractivity contribution in [2.24, 2.45) is 13.0 Å². The molecule has 208 valence electrons. The zero-order valence-corrected chi connectivity index (χ0v) is 23.7. The van der Waals surface area contributed by atoms with E-state index in [-0.39, 0.29) is 30.6 Å². The van der Waals surface area contributed by atoms with Crippen molar-refractivity contribution < 1.29 is 19.4 Å². The van der Waals surface area contributed by atoms with Gasteiger partial charge in [0.1, 0.15) is 6.33 Å². The number of nitrogens with zero attached hydrogens (tertiary/aromatic N) is 3. The predicted molar refractivity (Wildman–Crippen MR) is 154 cm³/mol. The van der Waals surface area contributed by atoms with Gasteiger partial charge in [0, 0.05) is 37.8 Å². The maximum absolute atomic E-state index is 11.3. The summed E-state index contributed by atoms with van der Waals surface area (Å²) in [6.07, 6.45) is 0.890. The van der Waals surface area contributed by atoms with Gasteiger partial charge >= 0.3 is 0 Å². The summed E-state index contributed by atoms with van der Waals surface area (Å²) in [7, 11) is 1.93. The Hall–Kier alpha value is -3.50. The number of hydrogen-bond donors (Lipinski definition) is 2. The first-order valence-electron chi connectivity index (χ1n) is 13.3. The van der Waals surface area contributed by atoms with Crippen molar-refractivity contribution in [3.8, 4) is 11.1 Å². The molecule has 0 spiro atoms. The summed E-state index contributed by atoms with van der Waals surface area (Å²) < 4.78 is 15.0. The molecule has 4 aromatic rings. The highest BCUT2D eigenvalue weighted by Gasteiger charge is 2.38. The quantitative estimate of drug-likeness (QED) is 0.273. The summed E-state index contributed by atoms with van der Waals surface area (Å²) in [5.74, 6) is 0.743. The van der Waals surface area contributed by atoms with E-state index in [0.717, 1.165) is 38.5 Å². The number of rotatable bonds is 9. The SMILES string of the molecule is CC(=O)NCc1cccc(-c2ccc(C3OC(CSc4nncn4C)C(C)C(c4ccc(CO)cc4)O3)cc2)c1. The van der Waals surface area contributed by atoms with Gasteiger partial charge in [0.2, 0.25) is 5.91 Å². The molecular weight excluding hydrogens is 524 g/mol. The minimum absolute atomic E-state index is 0.00650. The molecule has 4 unspecified atom stereocenters. The van der Waals surface area contributed by atoms with Crippen LogP contribution in [0, 0.1) is 5.92 Å². The molecule has 4 atom stereocenters. The van der Waals surface area contributed by atoms with E-state index in [0.29, 0.717) is 12.3 Å². The predicted octanol–water partition coefficient (Wildman–Crippen LogP) is 5.19. The second-order valence-electron chi connectivity index (χ2n) is 10.1. The Morgan fingerprint density at radius 3 is 2.42 bits per heavy atom. The number of nitrogens with one attached hydrogen (secondary N) is 1. The largest absolute Gasteiger partial charge is 0.392 e. The monoisotopic (exact) mass is 558 g/mol. The molecule has 0 radical (unpaired) electrons. The molecule has 1 fully saturated rings. The Kier molecular flexibility index (Phi) is 8.96. The Morgan fingerprint density at radius 1 is 1.00 bits per heavy atom. The first-order chi connectivity index (χ1) is 19.4. The van der Waals surface area contributed by atoms with E-state index in [1.54, 1.807) is 18.1 Å². The standard InChI is InChI=1S/C31H34N4O4S/c1-20-28(18-40-31-34-33-19-35(31)3)38-30(39-29(20)25-9-7-22(17-36)8-10-25)26-13-11-24(12-14-26)27-6-4-5-23(15-27)16-32-21(2)37/h4-15,19-20,28-30,36H,16-18H2,1-3H3,(H,32,37). The van der Waals surface area contributed by atoms with Crippen molar-refractivity contribution >= 4 is 17.7 Å². The molecular formula is C31H34N4O4S. The first kappa shape index (κ1) is 28.0. The van der Waals surface area contributed by atoms with Crippen LogP contribution in [0.4, 0.5) is 0 Å². The summed E-state index contributed by atoms with van der Waals surface area (Å²) in [6.45, 7) is 4.18. The number of ether oxygens (including phenoxy) is 2. The van der Waals surface area contributed by atoms with Crippen LogP contribution in [0.1, 0.15) is 48.5 Å². The summed E-state index contributed by atoms with van der Waals surface area (Å²) in [5.41, 5.74) is 6.06. The first-order valence-corrected chi connectivity index (χ1v) is 14.3.